The van der Waals surface area contributed by atoms with Gasteiger partial charge < -0.3 is 18.8 Å². The highest BCUT2D eigenvalue weighted by Crippen LogP contribution is 2.29. The van der Waals surface area contributed by atoms with Crippen LogP contribution in [-0.2, 0) is 20.7 Å². The zero-order chi connectivity index (χ0) is 23.1. The summed E-state index contributed by atoms with van der Waals surface area (Å²) in [5.74, 6) is 1.21. The van der Waals surface area contributed by atoms with Crippen LogP contribution in [0, 0.1) is 18.8 Å². The second kappa shape index (κ2) is 11.4. The Morgan fingerprint density at radius 2 is 2.00 bits per heavy atom. The molecular formula is C24H31ClN2O5. The molecule has 1 aliphatic rings. The molecule has 0 bridgehead atoms. The number of amides is 1. The summed E-state index contributed by atoms with van der Waals surface area (Å²) in [6.07, 6.45) is 2.44. The molecule has 0 N–H and O–H groups in total. The minimum atomic E-state index is -0.330. The van der Waals surface area contributed by atoms with E-state index >= 15 is 0 Å². The van der Waals surface area contributed by atoms with Crippen LogP contribution in [0.25, 0.3) is 11.5 Å². The summed E-state index contributed by atoms with van der Waals surface area (Å²) in [6, 6.07) is 7.32. The number of benzene rings is 1. The maximum atomic E-state index is 12.5. The van der Waals surface area contributed by atoms with Crippen LogP contribution in [0.1, 0.15) is 44.6 Å². The molecule has 1 atom stereocenters. The van der Waals surface area contributed by atoms with Crippen molar-refractivity contribution in [3.63, 3.8) is 0 Å². The standard InChI is InChI=1S/C24H31ClN2O5/c1-4-20(23(28)30-5-2)17-9-12-27(13-10-17)24(29)31-14-11-21-16(3)32-22(26-21)18-7-6-8-19(25)15-18/h6-8,15,17,20H,4-5,9-14H2,1-3H3. The number of aryl methyl sites for hydroxylation is 1. The fraction of sp³-hybridized carbons (Fsp3) is 0.542. The second-order valence-corrected chi connectivity index (χ2v) is 8.42. The molecule has 0 saturated carbocycles. The van der Waals surface area contributed by atoms with Crippen molar-refractivity contribution in [2.45, 2.75) is 46.5 Å². The number of nitrogens with zero attached hydrogens (tertiary/aromatic N) is 2. The Balaban J connectivity index is 1.46. The molecule has 1 aromatic carbocycles. The maximum Gasteiger partial charge on any atom is 0.409 e. The monoisotopic (exact) mass is 462 g/mol. The van der Waals surface area contributed by atoms with Crippen molar-refractivity contribution in [1.29, 1.82) is 0 Å². The number of esters is 1. The lowest BCUT2D eigenvalue weighted by Crippen LogP contribution is -2.42. The minimum Gasteiger partial charge on any atom is -0.466 e. The topological polar surface area (TPSA) is 81.9 Å². The Kier molecular flexibility index (Phi) is 8.56. The molecule has 1 fully saturated rings. The minimum absolute atomic E-state index is 0.100. The number of carbonyl (C=O) groups excluding carboxylic acids is 2. The lowest BCUT2D eigenvalue weighted by Gasteiger charge is -2.34. The first-order valence-corrected chi connectivity index (χ1v) is 11.6. The second-order valence-electron chi connectivity index (χ2n) is 7.99. The molecule has 0 radical (unpaired) electrons. The van der Waals surface area contributed by atoms with E-state index in [2.05, 4.69) is 4.98 Å². The highest BCUT2D eigenvalue weighted by Gasteiger charge is 2.32. The summed E-state index contributed by atoms with van der Waals surface area (Å²) in [4.78, 5) is 30.9. The van der Waals surface area contributed by atoms with E-state index in [1.165, 1.54) is 0 Å². The first-order chi connectivity index (χ1) is 15.4. The van der Waals surface area contributed by atoms with Crippen molar-refractivity contribution in [3.8, 4) is 11.5 Å². The van der Waals surface area contributed by atoms with E-state index in [4.69, 9.17) is 25.5 Å². The molecule has 2 heterocycles. The summed E-state index contributed by atoms with van der Waals surface area (Å²) >= 11 is 6.04. The first kappa shape index (κ1) is 24.1. The molecule has 1 aliphatic heterocycles. The van der Waals surface area contributed by atoms with E-state index in [1.807, 2.05) is 32.9 Å². The number of likely N-dealkylation sites (tertiary alicyclic amines) is 1. The Bertz CT molecular complexity index is 921. The highest BCUT2D eigenvalue weighted by atomic mass is 35.5. The van der Waals surface area contributed by atoms with Crippen LogP contribution in [0.5, 0.6) is 0 Å². The number of rotatable bonds is 8. The predicted molar refractivity (Wildman–Crippen MR) is 121 cm³/mol. The van der Waals surface area contributed by atoms with Gasteiger partial charge in [-0.25, -0.2) is 9.78 Å². The third-order valence-corrected chi connectivity index (χ3v) is 6.16. The molecule has 174 valence electrons. The van der Waals surface area contributed by atoms with Gasteiger partial charge in [-0.1, -0.05) is 24.6 Å². The number of piperidine rings is 1. The lowest BCUT2D eigenvalue weighted by atomic mass is 9.83. The quantitative estimate of drug-likeness (QED) is 0.496. The van der Waals surface area contributed by atoms with E-state index in [1.54, 1.807) is 17.0 Å². The van der Waals surface area contributed by atoms with Gasteiger partial charge in [-0.2, -0.15) is 0 Å². The fourth-order valence-electron chi connectivity index (χ4n) is 4.16. The molecule has 0 aliphatic carbocycles. The largest absolute Gasteiger partial charge is 0.466 e. The Morgan fingerprint density at radius 3 is 2.66 bits per heavy atom. The SMILES string of the molecule is CCOC(=O)C(CC)C1CCN(C(=O)OCCc2nc(-c3cccc(Cl)c3)oc2C)CC1. The molecule has 1 amide bonds. The Labute approximate surface area is 194 Å². The molecule has 1 saturated heterocycles. The van der Waals surface area contributed by atoms with Gasteiger partial charge in [-0.15, -0.1) is 0 Å². The molecule has 0 spiro atoms. The summed E-state index contributed by atoms with van der Waals surface area (Å²) < 4.78 is 16.4. The number of oxazole rings is 1. The molecule has 3 rings (SSSR count). The highest BCUT2D eigenvalue weighted by molar-refractivity contribution is 6.30. The molecule has 7 nitrogen and oxygen atoms in total. The number of aromatic nitrogens is 1. The summed E-state index contributed by atoms with van der Waals surface area (Å²) in [7, 11) is 0. The Morgan fingerprint density at radius 1 is 1.25 bits per heavy atom. The third-order valence-electron chi connectivity index (χ3n) is 5.92. The molecule has 32 heavy (non-hydrogen) atoms. The van der Waals surface area contributed by atoms with Crippen molar-refractivity contribution in [2.24, 2.45) is 11.8 Å². The lowest BCUT2D eigenvalue weighted by molar-refractivity contribution is -0.150. The van der Waals surface area contributed by atoms with E-state index in [9.17, 15) is 9.59 Å². The summed E-state index contributed by atoms with van der Waals surface area (Å²) in [6.45, 7) is 7.46. The van der Waals surface area contributed by atoms with Crippen LogP contribution in [0.3, 0.4) is 0 Å². The van der Waals surface area contributed by atoms with Crippen LogP contribution in [-0.4, -0.2) is 48.2 Å². The van der Waals surface area contributed by atoms with Crippen LogP contribution >= 0.6 is 11.6 Å². The van der Waals surface area contributed by atoms with Crippen molar-refractivity contribution in [1.82, 2.24) is 9.88 Å². The van der Waals surface area contributed by atoms with Crippen LogP contribution in [0.2, 0.25) is 5.02 Å². The molecule has 1 unspecified atom stereocenters. The van der Waals surface area contributed by atoms with E-state index in [0.29, 0.717) is 42.8 Å². The van der Waals surface area contributed by atoms with Gasteiger partial charge in [0, 0.05) is 30.1 Å². The number of halogens is 1. The Hall–Kier alpha value is -2.54. The van der Waals surface area contributed by atoms with Crippen molar-refractivity contribution >= 4 is 23.7 Å². The normalized spacial score (nSPS) is 15.4. The smallest absolute Gasteiger partial charge is 0.409 e. The van der Waals surface area contributed by atoms with Gasteiger partial charge >= 0.3 is 12.1 Å². The zero-order valence-electron chi connectivity index (χ0n) is 18.9. The van der Waals surface area contributed by atoms with Crippen molar-refractivity contribution < 1.29 is 23.5 Å². The number of ether oxygens (including phenoxy) is 2. The van der Waals surface area contributed by atoms with E-state index in [0.717, 1.165) is 30.5 Å². The van der Waals surface area contributed by atoms with Crippen molar-refractivity contribution in [3.05, 3.63) is 40.7 Å². The van der Waals surface area contributed by atoms with Gasteiger partial charge in [0.1, 0.15) is 5.76 Å². The molecule has 1 aromatic heterocycles. The number of hydrogen-bond donors (Lipinski definition) is 0. The zero-order valence-corrected chi connectivity index (χ0v) is 19.7. The van der Waals surface area contributed by atoms with Gasteiger partial charge in [0.25, 0.3) is 0 Å². The first-order valence-electron chi connectivity index (χ1n) is 11.2. The van der Waals surface area contributed by atoms with Gasteiger partial charge in [-0.3, -0.25) is 4.79 Å². The van der Waals surface area contributed by atoms with Gasteiger partial charge in [-0.05, 0) is 57.2 Å². The molecule has 2 aromatic rings. The summed E-state index contributed by atoms with van der Waals surface area (Å²) in [5.41, 5.74) is 1.56. The van der Waals surface area contributed by atoms with E-state index in [-0.39, 0.29) is 30.5 Å². The third kappa shape index (κ3) is 6.03. The van der Waals surface area contributed by atoms with E-state index < -0.39 is 0 Å². The average Bonchev–Trinajstić information content (AvgIpc) is 3.15. The van der Waals surface area contributed by atoms with Crippen LogP contribution < -0.4 is 0 Å². The van der Waals surface area contributed by atoms with Gasteiger partial charge in [0.15, 0.2) is 0 Å². The van der Waals surface area contributed by atoms with Crippen molar-refractivity contribution in [2.75, 3.05) is 26.3 Å². The molecular weight excluding hydrogens is 432 g/mol. The fourth-order valence-corrected chi connectivity index (χ4v) is 4.35. The van der Waals surface area contributed by atoms with Gasteiger partial charge in [0.05, 0.1) is 24.8 Å². The van der Waals surface area contributed by atoms with Crippen LogP contribution in [0.15, 0.2) is 28.7 Å². The van der Waals surface area contributed by atoms with Crippen LogP contribution in [0.4, 0.5) is 4.79 Å². The summed E-state index contributed by atoms with van der Waals surface area (Å²) in [5, 5.41) is 0.616. The predicted octanol–water partition coefficient (Wildman–Crippen LogP) is 5.28. The number of hydrogen-bond acceptors (Lipinski definition) is 6. The number of carbonyl (C=O) groups is 2. The van der Waals surface area contributed by atoms with Gasteiger partial charge in [0.2, 0.25) is 5.89 Å². The molecule has 8 heteroatoms. The maximum absolute atomic E-state index is 12.5. The average molecular weight is 463 g/mol.